The van der Waals surface area contributed by atoms with E-state index in [2.05, 4.69) is 0 Å². The van der Waals surface area contributed by atoms with Crippen molar-refractivity contribution in [3.63, 3.8) is 0 Å². The van der Waals surface area contributed by atoms with E-state index in [9.17, 15) is 9.59 Å². The first-order valence-corrected chi connectivity index (χ1v) is 7.07. The van der Waals surface area contributed by atoms with Crippen molar-refractivity contribution in [1.82, 2.24) is 4.90 Å². The van der Waals surface area contributed by atoms with E-state index in [0.717, 1.165) is 10.8 Å². The second-order valence-electron chi connectivity index (χ2n) is 4.98. The van der Waals surface area contributed by atoms with Crippen molar-refractivity contribution >= 4 is 22.5 Å². The molecule has 0 saturated carbocycles. The van der Waals surface area contributed by atoms with Gasteiger partial charge in [0.05, 0.1) is 6.61 Å². The molecule has 2 aromatic rings. The van der Waals surface area contributed by atoms with Crippen molar-refractivity contribution in [1.29, 1.82) is 0 Å². The highest BCUT2D eigenvalue weighted by molar-refractivity contribution is 6.14. The highest BCUT2D eigenvalue weighted by Gasteiger charge is 2.09. The highest BCUT2D eigenvalue weighted by Crippen LogP contribution is 2.19. The average Bonchev–Trinajstić information content (AvgIpc) is 2.56. The summed E-state index contributed by atoms with van der Waals surface area (Å²) in [6.07, 6.45) is 2.63. The topological polar surface area (TPSA) is 46.6 Å². The minimum Gasteiger partial charge on any atom is -0.383 e. The molecular formula is C18H19NO3. The number of allylic oxidation sites excluding steroid dienone is 1. The van der Waals surface area contributed by atoms with E-state index in [1.165, 1.54) is 17.1 Å². The van der Waals surface area contributed by atoms with Crippen LogP contribution in [0.2, 0.25) is 0 Å². The van der Waals surface area contributed by atoms with Gasteiger partial charge in [-0.25, -0.2) is 0 Å². The zero-order chi connectivity index (χ0) is 15.9. The molecule has 4 heteroatoms. The van der Waals surface area contributed by atoms with Gasteiger partial charge in [0, 0.05) is 32.3 Å². The first kappa shape index (κ1) is 15.9. The van der Waals surface area contributed by atoms with Crippen molar-refractivity contribution in [3.8, 4) is 0 Å². The Morgan fingerprint density at radius 3 is 2.59 bits per heavy atom. The molecule has 0 N–H and O–H groups in total. The smallest absolute Gasteiger partial charge is 0.246 e. The fourth-order valence-corrected chi connectivity index (χ4v) is 2.14. The largest absolute Gasteiger partial charge is 0.383 e. The number of ether oxygens (including phenoxy) is 1. The molecule has 1 amide bonds. The van der Waals surface area contributed by atoms with Crippen LogP contribution in [0, 0.1) is 0 Å². The number of amides is 1. The normalized spacial score (nSPS) is 11.0. The number of likely N-dealkylation sites (N-methyl/N-ethyl adjacent to an activating group) is 1. The second-order valence-corrected chi connectivity index (χ2v) is 4.98. The van der Waals surface area contributed by atoms with Gasteiger partial charge in [0.2, 0.25) is 5.91 Å². The number of hydrogen-bond acceptors (Lipinski definition) is 3. The van der Waals surface area contributed by atoms with Gasteiger partial charge < -0.3 is 9.64 Å². The van der Waals surface area contributed by atoms with E-state index in [-0.39, 0.29) is 11.7 Å². The summed E-state index contributed by atoms with van der Waals surface area (Å²) in [6, 6.07) is 13.3. The zero-order valence-electron chi connectivity index (χ0n) is 12.8. The summed E-state index contributed by atoms with van der Waals surface area (Å²) in [5, 5.41) is 1.89. The highest BCUT2D eigenvalue weighted by atomic mass is 16.5. The van der Waals surface area contributed by atoms with Gasteiger partial charge in [-0.3, -0.25) is 9.59 Å². The minimum absolute atomic E-state index is 0.176. The van der Waals surface area contributed by atoms with Gasteiger partial charge in [0.1, 0.15) is 0 Å². The Labute approximate surface area is 130 Å². The van der Waals surface area contributed by atoms with Crippen LogP contribution in [0.5, 0.6) is 0 Å². The van der Waals surface area contributed by atoms with Gasteiger partial charge in [-0.1, -0.05) is 42.5 Å². The molecule has 0 radical (unpaired) electrons. The molecule has 0 aliphatic rings. The molecule has 2 aromatic carbocycles. The predicted octanol–water partition coefficient (Wildman–Crippen LogP) is 2.68. The number of fused-ring (bicyclic) bond motifs is 1. The van der Waals surface area contributed by atoms with E-state index in [4.69, 9.17) is 4.74 Å². The van der Waals surface area contributed by atoms with Crippen LogP contribution in [-0.2, 0) is 9.53 Å². The van der Waals surface area contributed by atoms with Crippen LogP contribution in [0.3, 0.4) is 0 Å². The lowest BCUT2D eigenvalue weighted by molar-refractivity contribution is -0.125. The van der Waals surface area contributed by atoms with Crippen molar-refractivity contribution < 1.29 is 14.3 Å². The molecule has 0 spiro atoms. The number of nitrogens with zero attached hydrogens (tertiary/aromatic N) is 1. The molecule has 0 heterocycles. The first-order chi connectivity index (χ1) is 10.6. The number of benzene rings is 2. The maximum Gasteiger partial charge on any atom is 0.246 e. The molecule has 114 valence electrons. The Bertz CT molecular complexity index is 701. The van der Waals surface area contributed by atoms with E-state index < -0.39 is 0 Å². The number of hydrogen-bond donors (Lipinski definition) is 0. The summed E-state index contributed by atoms with van der Waals surface area (Å²) in [4.78, 5) is 25.7. The Balaban J connectivity index is 2.14. The Hall–Kier alpha value is -2.46. The lowest BCUT2D eigenvalue weighted by Gasteiger charge is -2.13. The molecule has 0 bridgehead atoms. The molecule has 0 fully saturated rings. The summed E-state index contributed by atoms with van der Waals surface area (Å²) < 4.78 is 4.92. The van der Waals surface area contributed by atoms with Gasteiger partial charge in [-0.05, 0) is 16.8 Å². The monoisotopic (exact) mass is 297 g/mol. The van der Waals surface area contributed by atoms with Crippen LogP contribution >= 0.6 is 0 Å². The third-order valence-electron chi connectivity index (χ3n) is 3.44. The standard InChI is InChI=1S/C18H19NO3/c1-19(12-13-22-2)18(21)11-10-17(20)16-9-5-7-14-6-3-4-8-15(14)16/h3-11H,12-13H2,1-2H3. The molecule has 0 aliphatic carbocycles. The van der Waals surface area contributed by atoms with Crippen LogP contribution in [0.25, 0.3) is 10.8 Å². The summed E-state index contributed by atoms with van der Waals surface area (Å²) in [6.45, 7) is 0.954. The molecular weight excluding hydrogens is 278 g/mol. The van der Waals surface area contributed by atoms with Crippen LogP contribution in [0.15, 0.2) is 54.6 Å². The summed E-state index contributed by atoms with van der Waals surface area (Å²) in [5.41, 5.74) is 0.599. The SMILES string of the molecule is COCCN(C)C(=O)C=CC(=O)c1cccc2ccccc12. The second kappa shape index (κ2) is 7.52. The maximum atomic E-state index is 12.3. The van der Waals surface area contributed by atoms with Crippen LogP contribution in [0.4, 0.5) is 0 Å². The molecule has 0 aromatic heterocycles. The predicted molar refractivity (Wildman–Crippen MR) is 86.9 cm³/mol. The molecule has 0 aliphatic heterocycles. The molecule has 2 rings (SSSR count). The zero-order valence-corrected chi connectivity index (χ0v) is 12.8. The summed E-state index contributed by atoms with van der Waals surface area (Å²) in [7, 11) is 3.26. The third-order valence-corrected chi connectivity index (χ3v) is 3.44. The van der Waals surface area contributed by atoms with Crippen LogP contribution in [0.1, 0.15) is 10.4 Å². The number of carbonyl (C=O) groups is 2. The molecule has 22 heavy (non-hydrogen) atoms. The van der Waals surface area contributed by atoms with Crippen molar-refractivity contribution in [3.05, 3.63) is 60.2 Å². The fourth-order valence-electron chi connectivity index (χ4n) is 2.14. The van der Waals surface area contributed by atoms with Gasteiger partial charge >= 0.3 is 0 Å². The van der Waals surface area contributed by atoms with Crippen molar-refractivity contribution in [2.45, 2.75) is 0 Å². The Morgan fingerprint density at radius 1 is 1.09 bits per heavy atom. The van der Waals surface area contributed by atoms with Gasteiger partial charge in [0.25, 0.3) is 0 Å². The number of rotatable bonds is 6. The molecule has 4 nitrogen and oxygen atoms in total. The van der Waals surface area contributed by atoms with E-state index in [0.29, 0.717) is 18.7 Å². The molecule has 0 unspecified atom stereocenters. The van der Waals surface area contributed by atoms with Crippen LogP contribution in [-0.4, -0.2) is 43.9 Å². The van der Waals surface area contributed by atoms with E-state index >= 15 is 0 Å². The van der Waals surface area contributed by atoms with Gasteiger partial charge in [-0.2, -0.15) is 0 Å². The fraction of sp³-hybridized carbons (Fsp3) is 0.222. The summed E-state index contributed by atoms with van der Waals surface area (Å²) in [5.74, 6) is -0.393. The molecule has 0 atom stereocenters. The van der Waals surface area contributed by atoms with Gasteiger partial charge in [0.15, 0.2) is 5.78 Å². The number of ketones is 1. The quantitative estimate of drug-likeness (QED) is 0.608. The Kier molecular flexibility index (Phi) is 5.44. The Morgan fingerprint density at radius 2 is 1.82 bits per heavy atom. The molecule has 0 saturated heterocycles. The number of methoxy groups -OCH3 is 1. The lowest BCUT2D eigenvalue weighted by Crippen LogP contribution is -2.28. The first-order valence-electron chi connectivity index (χ1n) is 7.07. The average molecular weight is 297 g/mol. The van der Waals surface area contributed by atoms with E-state index in [1.54, 1.807) is 20.2 Å². The number of carbonyl (C=O) groups excluding carboxylic acids is 2. The maximum absolute atomic E-state index is 12.3. The van der Waals surface area contributed by atoms with Gasteiger partial charge in [-0.15, -0.1) is 0 Å². The lowest BCUT2D eigenvalue weighted by atomic mass is 10.0. The third kappa shape index (κ3) is 3.80. The summed E-state index contributed by atoms with van der Waals surface area (Å²) >= 11 is 0. The van der Waals surface area contributed by atoms with E-state index in [1.807, 2.05) is 36.4 Å². The minimum atomic E-state index is -0.217. The van der Waals surface area contributed by atoms with Crippen molar-refractivity contribution in [2.24, 2.45) is 0 Å². The van der Waals surface area contributed by atoms with Crippen molar-refractivity contribution in [2.75, 3.05) is 27.3 Å². The van der Waals surface area contributed by atoms with Crippen LogP contribution < -0.4 is 0 Å².